The molecule has 2 N–H and O–H groups in total. The largest absolute Gasteiger partial charge is 0.504 e. The zero-order chi connectivity index (χ0) is 17.3. The number of carboxylic acid groups (broad SMARTS) is 1. The van der Waals surface area contributed by atoms with E-state index in [1.807, 2.05) is 32.0 Å². The van der Waals surface area contributed by atoms with Crippen LogP contribution < -0.4 is 0 Å². The van der Waals surface area contributed by atoms with E-state index >= 15 is 0 Å². The van der Waals surface area contributed by atoms with Crippen LogP contribution in [0.5, 0.6) is 5.75 Å². The quantitative estimate of drug-likeness (QED) is 0.708. The molecule has 0 saturated carbocycles. The average Bonchev–Trinajstić information content (AvgIpc) is 2.94. The van der Waals surface area contributed by atoms with Crippen molar-refractivity contribution in [1.82, 2.24) is 9.38 Å². The van der Waals surface area contributed by atoms with Gasteiger partial charge in [-0.2, -0.15) is 0 Å². The highest BCUT2D eigenvalue weighted by molar-refractivity contribution is 5.92. The Morgan fingerprint density at radius 1 is 1.25 bits per heavy atom. The molecule has 1 aromatic carbocycles. The van der Waals surface area contributed by atoms with E-state index in [4.69, 9.17) is 0 Å². The number of rotatable bonds is 4. The molecule has 0 aliphatic carbocycles. The summed E-state index contributed by atoms with van der Waals surface area (Å²) in [5, 5.41) is 27.6. The molecule has 0 amide bonds. The molecule has 7 heteroatoms. The van der Waals surface area contributed by atoms with Crippen LogP contribution in [0.25, 0.3) is 5.65 Å². The third kappa shape index (κ3) is 2.60. The van der Waals surface area contributed by atoms with Gasteiger partial charge in [-0.3, -0.25) is 4.40 Å². The molecule has 0 spiro atoms. The predicted molar refractivity (Wildman–Crippen MR) is 88.5 cm³/mol. The highest BCUT2D eigenvalue weighted by Crippen LogP contribution is 2.30. The number of imidazole rings is 1. The van der Waals surface area contributed by atoms with Gasteiger partial charge in [0.05, 0.1) is 5.69 Å². The number of carbonyl (C=O) groups is 1. The smallest absolute Gasteiger partial charge is 0.358 e. The van der Waals surface area contributed by atoms with Gasteiger partial charge >= 0.3 is 5.97 Å². The lowest BCUT2D eigenvalue weighted by Crippen LogP contribution is -1.96. The van der Waals surface area contributed by atoms with Crippen LogP contribution in [0.2, 0.25) is 0 Å². The van der Waals surface area contributed by atoms with Crippen LogP contribution in [-0.4, -0.2) is 25.6 Å². The molecule has 2 aromatic heterocycles. The molecule has 3 rings (SSSR count). The van der Waals surface area contributed by atoms with E-state index in [-0.39, 0.29) is 22.9 Å². The first-order valence-electron chi connectivity index (χ1n) is 7.46. The summed E-state index contributed by atoms with van der Waals surface area (Å²) >= 11 is 0. The van der Waals surface area contributed by atoms with E-state index in [0.717, 1.165) is 17.5 Å². The summed E-state index contributed by atoms with van der Waals surface area (Å²) in [7, 11) is 0. The summed E-state index contributed by atoms with van der Waals surface area (Å²) in [5.41, 5.74) is 2.56. The van der Waals surface area contributed by atoms with Gasteiger partial charge in [-0.15, -0.1) is 10.2 Å². The van der Waals surface area contributed by atoms with Gasteiger partial charge in [-0.1, -0.05) is 25.1 Å². The Kier molecular flexibility index (Phi) is 3.99. The highest BCUT2D eigenvalue weighted by atomic mass is 16.4. The van der Waals surface area contributed by atoms with Crippen molar-refractivity contribution in [3.63, 3.8) is 0 Å². The maximum Gasteiger partial charge on any atom is 0.358 e. The SMILES string of the molecule is CCc1cccc(C)c1N=Nc1c(C(=O)O)nc2c(O)cccn12. The second-order valence-corrected chi connectivity index (χ2v) is 5.31. The normalized spacial score (nSPS) is 11.4. The average molecular weight is 324 g/mol. The molecule has 0 fully saturated rings. The number of aryl methyl sites for hydroxylation is 2. The maximum atomic E-state index is 11.4. The molecule has 0 unspecified atom stereocenters. The van der Waals surface area contributed by atoms with E-state index in [0.29, 0.717) is 5.69 Å². The van der Waals surface area contributed by atoms with Crippen LogP contribution >= 0.6 is 0 Å². The number of aromatic nitrogens is 2. The van der Waals surface area contributed by atoms with Crippen molar-refractivity contribution in [1.29, 1.82) is 0 Å². The summed E-state index contributed by atoms with van der Waals surface area (Å²) in [6.45, 7) is 3.94. The molecule has 0 saturated heterocycles. The first-order valence-corrected chi connectivity index (χ1v) is 7.46. The van der Waals surface area contributed by atoms with E-state index < -0.39 is 5.97 Å². The third-order valence-electron chi connectivity index (χ3n) is 3.75. The number of carboxylic acids is 1. The topological polar surface area (TPSA) is 99.5 Å². The number of fused-ring (bicyclic) bond motifs is 1. The Hall–Kier alpha value is -3.22. The lowest BCUT2D eigenvalue weighted by atomic mass is 10.1. The van der Waals surface area contributed by atoms with Gasteiger partial charge in [0.15, 0.2) is 22.9 Å². The van der Waals surface area contributed by atoms with Crippen molar-refractivity contribution in [2.45, 2.75) is 20.3 Å². The Balaban J connectivity index is 2.19. The molecule has 122 valence electrons. The van der Waals surface area contributed by atoms with Crippen LogP contribution in [0.15, 0.2) is 46.8 Å². The first-order chi connectivity index (χ1) is 11.5. The van der Waals surface area contributed by atoms with Crippen molar-refractivity contribution in [2.24, 2.45) is 10.2 Å². The van der Waals surface area contributed by atoms with E-state index in [1.54, 1.807) is 12.3 Å². The lowest BCUT2D eigenvalue weighted by Gasteiger charge is -2.05. The van der Waals surface area contributed by atoms with Crippen LogP contribution in [0.3, 0.4) is 0 Å². The van der Waals surface area contributed by atoms with Gasteiger partial charge < -0.3 is 10.2 Å². The minimum atomic E-state index is -1.23. The van der Waals surface area contributed by atoms with Crippen molar-refractivity contribution >= 4 is 23.1 Å². The molecule has 2 heterocycles. The van der Waals surface area contributed by atoms with Crippen molar-refractivity contribution in [3.8, 4) is 5.75 Å². The summed E-state index contributed by atoms with van der Waals surface area (Å²) < 4.78 is 1.41. The fourth-order valence-electron chi connectivity index (χ4n) is 2.53. The van der Waals surface area contributed by atoms with Gasteiger partial charge in [-0.25, -0.2) is 9.78 Å². The number of pyridine rings is 1. The Morgan fingerprint density at radius 3 is 2.75 bits per heavy atom. The molecule has 0 aliphatic rings. The maximum absolute atomic E-state index is 11.4. The second kappa shape index (κ2) is 6.11. The predicted octanol–water partition coefficient (Wildman–Crippen LogP) is 4.02. The second-order valence-electron chi connectivity index (χ2n) is 5.31. The standard InChI is InChI=1S/C17H16N4O3/c1-3-11-7-4-6-10(2)13(11)19-20-16-14(17(23)24)18-15-12(22)8-5-9-21(15)16/h4-9,22H,3H2,1-2H3,(H,23,24). The molecule has 7 nitrogen and oxygen atoms in total. The Labute approximate surface area is 137 Å². The minimum Gasteiger partial charge on any atom is -0.504 e. The molecule has 3 aromatic rings. The summed E-state index contributed by atoms with van der Waals surface area (Å²) in [6.07, 6.45) is 2.37. The van der Waals surface area contributed by atoms with Gasteiger partial charge in [-0.05, 0) is 36.6 Å². The van der Waals surface area contributed by atoms with Crippen LogP contribution in [0, 0.1) is 6.92 Å². The zero-order valence-corrected chi connectivity index (χ0v) is 13.3. The van der Waals surface area contributed by atoms with E-state index in [2.05, 4.69) is 15.2 Å². The third-order valence-corrected chi connectivity index (χ3v) is 3.75. The highest BCUT2D eigenvalue weighted by Gasteiger charge is 2.20. The fourth-order valence-corrected chi connectivity index (χ4v) is 2.53. The molecule has 0 radical (unpaired) electrons. The van der Waals surface area contributed by atoms with Gasteiger partial charge in [0, 0.05) is 6.20 Å². The van der Waals surface area contributed by atoms with Crippen molar-refractivity contribution in [2.75, 3.05) is 0 Å². The number of benzene rings is 1. The Morgan fingerprint density at radius 2 is 2.04 bits per heavy atom. The van der Waals surface area contributed by atoms with Gasteiger partial charge in [0.2, 0.25) is 0 Å². The summed E-state index contributed by atoms with van der Waals surface area (Å²) in [6, 6.07) is 8.85. The van der Waals surface area contributed by atoms with Crippen LogP contribution in [-0.2, 0) is 6.42 Å². The molecule has 0 aliphatic heterocycles. The molecule has 0 bridgehead atoms. The summed E-state index contributed by atoms with van der Waals surface area (Å²) in [5.74, 6) is -1.28. The fraction of sp³-hybridized carbons (Fsp3) is 0.176. The molecular weight excluding hydrogens is 308 g/mol. The number of aromatic carboxylic acids is 1. The number of aromatic hydroxyl groups is 1. The number of nitrogens with zero attached hydrogens (tertiary/aromatic N) is 4. The van der Waals surface area contributed by atoms with Crippen LogP contribution in [0.1, 0.15) is 28.5 Å². The Bertz CT molecular complexity index is 960. The van der Waals surface area contributed by atoms with E-state index in [9.17, 15) is 15.0 Å². The minimum absolute atomic E-state index is 0.0682. The lowest BCUT2D eigenvalue weighted by molar-refractivity contribution is 0.0692. The molecule has 0 atom stereocenters. The first kappa shape index (κ1) is 15.7. The van der Waals surface area contributed by atoms with Crippen molar-refractivity contribution < 1.29 is 15.0 Å². The zero-order valence-electron chi connectivity index (χ0n) is 13.3. The van der Waals surface area contributed by atoms with Gasteiger partial charge in [0.25, 0.3) is 0 Å². The monoisotopic (exact) mass is 324 g/mol. The number of azo groups is 1. The van der Waals surface area contributed by atoms with Crippen molar-refractivity contribution in [3.05, 3.63) is 53.3 Å². The molecular formula is C17H16N4O3. The van der Waals surface area contributed by atoms with Gasteiger partial charge in [0.1, 0.15) is 0 Å². The number of hydrogen-bond acceptors (Lipinski definition) is 5. The number of hydrogen-bond donors (Lipinski definition) is 2. The van der Waals surface area contributed by atoms with Crippen LogP contribution in [0.4, 0.5) is 11.5 Å². The summed E-state index contributed by atoms with van der Waals surface area (Å²) in [4.78, 5) is 15.4. The molecule has 24 heavy (non-hydrogen) atoms. The van der Waals surface area contributed by atoms with E-state index in [1.165, 1.54) is 10.5 Å².